The van der Waals surface area contributed by atoms with Gasteiger partial charge in [0.2, 0.25) is 0 Å². The third kappa shape index (κ3) is 2.72. The van der Waals surface area contributed by atoms with E-state index in [1.807, 2.05) is 0 Å². The summed E-state index contributed by atoms with van der Waals surface area (Å²) in [6.45, 7) is 3.98. The predicted octanol–water partition coefficient (Wildman–Crippen LogP) is 3.71. The molecule has 0 saturated heterocycles. The van der Waals surface area contributed by atoms with Crippen molar-refractivity contribution in [2.24, 2.45) is 5.73 Å². The van der Waals surface area contributed by atoms with Gasteiger partial charge >= 0.3 is 0 Å². The van der Waals surface area contributed by atoms with Crippen LogP contribution in [0.25, 0.3) is 10.9 Å². The summed E-state index contributed by atoms with van der Waals surface area (Å²) < 4.78 is 3.48. The van der Waals surface area contributed by atoms with Crippen molar-refractivity contribution in [1.29, 1.82) is 0 Å². The van der Waals surface area contributed by atoms with Crippen LogP contribution in [-0.4, -0.2) is 11.1 Å². The lowest BCUT2D eigenvalue weighted by Crippen LogP contribution is -2.04. The number of rotatable bonds is 5. The molecule has 0 amide bonds. The summed E-state index contributed by atoms with van der Waals surface area (Å²) in [4.78, 5) is 0. The zero-order chi connectivity index (χ0) is 12.3. The SMILES string of the molecule is CCCc1cn(CCCN)c2ccc(Br)cc12. The third-order valence-electron chi connectivity index (χ3n) is 3.05. The van der Waals surface area contributed by atoms with Gasteiger partial charge in [-0.15, -0.1) is 0 Å². The Labute approximate surface area is 111 Å². The number of hydrogen-bond donors (Lipinski definition) is 1. The van der Waals surface area contributed by atoms with Crippen LogP contribution in [0.15, 0.2) is 28.9 Å². The van der Waals surface area contributed by atoms with Crippen molar-refractivity contribution < 1.29 is 0 Å². The Kier molecular flexibility index (Phi) is 4.24. The summed E-state index contributed by atoms with van der Waals surface area (Å²) in [5, 5.41) is 1.37. The second-order valence-corrected chi connectivity index (χ2v) is 5.32. The van der Waals surface area contributed by atoms with Crippen LogP contribution in [0.5, 0.6) is 0 Å². The summed E-state index contributed by atoms with van der Waals surface area (Å²) in [5.41, 5.74) is 8.36. The Morgan fingerprint density at radius 3 is 2.88 bits per heavy atom. The van der Waals surface area contributed by atoms with E-state index in [-0.39, 0.29) is 0 Å². The number of aromatic nitrogens is 1. The van der Waals surface area contributed by atoms with Crippen LogP contribution in [-0.2, 0) is 13.0 Å². The van der Waals surface area contributed by atoms with E-state index in [9.17, 15) is 0 Å². The van der Waals surface area contributed by atoms with E-state index in [1.54, 1.807) is 0 Å². The molecule has 0 unspecified atom stereocenters. The smallest absolute Gasteiger partial charge is 0.0483 e. The van der Waals surface area contributed by atoms with E-state index in [0.717, 1.165) is 30.4 Å². The van der Waals surface area contributed by atoms with Gasteiger partial charge in [0.15, 0.2) is 0 Å². The fourth-order valence-corrected chi connectivity index (χ4v) is 2.62. The molecular formula is C14H19BrN2. The molecule has 0 radical (unpaired) electrons. The van der Waals surface area contributed by atoms with Crippen molar-refractivity contribution in [3.8, 4) is 0 Å². The molecule has 0 aliphatic rings. The maximum atomic E-state index is 5.59. The van der Waals surface area contributed by atoms with Gasteiger partial charge in [-0.25, -0.2) is 0 Å². The van der Waals surface area contributed by atoms with E-state index in [2.05, 4.69) is 51.8 Å². The molecule has 2 rings (SSSR count). The zero-order valence-corrected chi connectivity index (χ0v) is 11.8. The lowest BCUT2D eigenvalue weighted by Gasteiger charge is -2.03. The molecule has 1 aromatic heterocycles. The fourth-order valence-electron chi connectivity index (χ4n) is 2.26. The Morgan fingerprint density at radius 2 is 2.18 bits per heavy atom. The van der Waals surface area contributed by atoms with Crippen LogP contribution in [0.3, 0.4) is 0 Å². The molecule has 2 N–H and O–H groups in total. The molecule has 17 heavy (non-hydrogen) atoms. The number of benzene rings is 1. The molecule has 0 aliphatic carbocycles. The number of hydrogen-bond acceptors (Lipinski definition) is 1. The maximum Gasteiger partial charge on any atom is 0.0483 e. The van der Waals surface area contributed by atoms with Crippen LogP contribution >= 0.6 is 15.9 Å². The van der Waals surface area contributed by atoms with Crippen molar-refractivity contribution >= 4 is 26.8 Å². The number of fused-ring (bicyclic) bond motifs is 1. The summed E-state index contributed by atoms with van der Waals surface area (Å²) in [6.07, 6.45) is 5.65. The van der Waals surface area contributed by atoms with Gasteiger partial charge in [-0.1, -0.05) is 29.3 Å². The lowest BCUT2D eigenvalue weighted by atomic mass is 10.1. The molecule has 0 bridgehead atoms. The topological polar surface area (TPSA) is 30.9 Å². The van der Waals surface area contributed by atoms with Gasteiger partial charge in [-0.2, -0.15) is 0 Å². The quantitative estimate of drug-likeness (QED) is 0.895. The van der Waals surface area contributed by atoms with Crippen LogP contribution in [0, 0.1) is 0 Å². The standard InChI is InChI=1S/C14H19BrN2/c1-2-4-11-10-17(8-3-7-16)14-6-5-12(15)9-13(11)14/h5-6,9-10H,2-4,7-8,16H2,1H3. The lowest BCUT2D eigenvalue weighted by molar-refractivity contribution is 0.668. The van der Waals surface area contributed by atoms with Gasteiger partial charge in [0, 0.05) is 28.1 Å². The molecule has 0 atom stereocenters. The van der Waals surface area contributed by atoms with Crippen molar-refractivity contribution in [2.45, 2.75) is 32.7 Å². The first-order valence-electron chi connectivity index (χ1n) is 6.23. The normalized spacial score (nSPS) is 11.2. The molecule has 3 heteroatoms. The molecule has 2 aromatic rings. The molecule has 2 nitrogen and oxygen atoms in total. The highest BCUT2D eigenvalue weighted by molar-refractivity contribution is 9.10. The highest BCUT2D eigenvalue weighted by Gasteiger charge is 2.07. The van der Waals surface area contributed by atoms with E-state index < -0.39 is 0 Å². The highest BCUT2D eigenvalue weighted by Crippen LogP contribution is 2.26. The summed E-state index contributed by atoms with van der Waals surface area (Å²) in [7, 11) is 0. The van der Waals surface area contributed by atoms with E-state index >= 15 is 0 Å². The van der Waals surface area contributed by atoms with Gasteiger partial charge in [0.05, 0.1) is 0 Å². The molecule has 0 fully saturated rings. The van der Waals surface area contributed by atoms with E-state index in [4.69, 9.17) is 5.73 Å². The maximum absolute atomic E-state index is 5.59. The first kappa shape index (κ1) is 12.7. The first-order chi connectivity index (χ1) is 8.26. The molecule has 1 heterocycles. The van der Waals surface area contributed by atoms with Crippen molar-refractivity contribution in [1.82, 2.24) is 4.57 Å². The van der Waals surface area contributed by atoms with Gasteiger partial charge in [-0.05, 0) is 43.1 Å². The van der Waals surface area contributed by atoms with Crippen molar-refractivity contribution in [3.63, 3.8) is 0 Å². The average molecular weight is 295 g/mol. The van der Waals surface area contributed by atoms with Crippen LogP contribution in [0.2, 0.25) is 0 Å². The van der Waals surface area contributed by atoms with Gasteiger partial charge in [-0.3, -0.25) is 0 Å². The molecule has 0 saturated carbocycles. The molecule has 0 spiro atoms. The average Bonchev–Trinajstić information content (AvgIpc) is 2.65. The van der Waals surface area contributed by atoms with Gasteiger partial charge < -0.3 is 10.3 Å². The van der Waals surface area contributed by atoms with Gasteiger partial charge in [0.1, 0.15) is 0 Å². The Morgan fingerprint density at radius 1 is 1.35 bits per heavy atom. The second-order valence-electron chi connectivity index (χ2n) is 4.40. The second kappa shape index (κ2) is 5.69. The Balaban J connectivity index is 2.46. The first-order valence-corrected chi connectivity index (χ1v) is 7.03. The van der Waals surface area contributed by atoms with Crippen molar-refractivity contribution in [3.05, 3.63) is 34.4 Å². The molecule has 92 valence electrons. The minimum absolute atomic E-state index is 0.749. The van der Waals surface area contributed by atoms with Gasteiger partial charge in [0.25, 0.3) is 0 Å². The molecule has 1 aromatic carbocycles. The molecular weight excluding hydrogens is 276 g/mol. The minimum Gasteiger partial charge on any atom is -0.347 e. The Bertz CT molecular complexity index is 502. The Hall–Kier alpha value is -0.800. The van der Waals surface area contributed by atoms with Crippen LogP contribution < -0.4 is 5.73 Å². The number of aryl methyl sites for hydroxylation is 2. The number of nitrogens with zero attached hydrogens (tertiary/aromatic N) is 1. The predicted molar refractivity (Wildman–Crippen MR) is 77.3 cm³/mol. The third-order valence-corrected chi connectivity index (χ3v) is 3.54. The van der Waals surface area contributed by atoms with E-state index in [0.29, 0.717) is 0 Å². The van der Waals surface area contributed by atoms with Crippen molar-refractivity contribution in [2.75, 3.05) is 6.54 Å². The molecule has 0 aliphatic heterocycles. The highest BCUT2D eigenvalue weighted by atomic mass is 79.9. The van der Waals surface area contributed by atoms with Crippen LogP contribution in [0.1, 0.15) is 25.3 Å². The monoisotopic (exact) mass is 294 g/mol. The number of halogens is 1. The minimum atomic E-state index is 0.749. The fraction of sp³-hybridized carbons (Fsp3) is 0.429. The zero-order valence-electron chi connectivity index (χ0n) is 10.2. The number of nitrogens with two attached hydrogens (primary N) is 1. The summed E-state index contributed by atoms with van der Waals surface area (Å²) in [5.74, 6) is 0. The summed E-state index contributed by atoms with van der Waals surface area (Å²) in [6, 6.07) is 6.52. The summed E-state index contributed by atoms with van der Waals surface area (Å²) >= 11 is 3.55. The van der Waals surface area contributed by atoms with E-state index in [1.165, 1.54) is 22.9 Å². The van der Waals surface area contributed by atoms with Crippen LogP contribution in [0.4, 0.5) is 0 Å². The largest absolute Gasteiger partial charge is 0.347 e.